The van der Waals surface area contributed by atoms with Crippen LogP contribution in [0.5, 0.6) is 0 Å². The molecule has 182 valence electrons. The van der Waals surface area contributed by atoms with E-state index in [-0.39, 0.29) is 11.3 Å². The smallest absolute Gasteiger partial charge is 0.253 e. The zero-order valence-electron chi connectivity index (χ0n) is 21.9. The van der Waals surface area contributed by atoms with Gasteiger partial charge in [0, 0.05) is 61.8 Å². The first-order chi connectivity index (χ1) is 15.6. The molecule has 0 saturated carbocycles. The average Bonchev–Trinajstić information content (AvgIpc) is 3.11. The van der Waals surface area contributed by atoms with Crippen molar-refractivity contribution in [3.05, 3.63) is 52.3 Å². The molecule has 2 aromatic rings. The van der Waals surface area contributed by atoms with Crippen molar-refractivity contribution in [2.24, 2.45) is 0 Å². The summed E-state index contributed by atoms with van der Waals surface area (Å²) in [4.78, 5) is 18.0. The predicted octanol–water partition coefficient (Wildman–Crippen LogP) is 5.06. The zero-order valence-corrected chi connectivity index (χ0v) is 21.9. The summed E-state index contributed by atoms with van der Waals surface area (Å²) in [6.45, 7) is 22.3. The minimum atomic E-state index is 0.0254. The van der Waals surface area contributed by atoms with Crippen molar-refractivity contribution in [3.8, 4) is 0 Å². The fourth-order valence-corrected chi connectivity index (χ4v) is 4.90. The van der Waals surface area contributed by atoms with Crippen molar-refractivity contribution in [1.29, 1.82) is 0 Å². The number of benzene rings is 1. The number of piperazine rings is 1. The lowest BCUT2D eigenvalue weighted by Crippen LogP contribution is -2.47. The van der Waals surface area contributed by atoms with Crippen LogP contribution in [0.1, 0.15) is 73.4 Å². The molecule has 33 heavy (non-hydrogen) atoms. The normalized spacial score (nSPS) is 15.2. The van der Waals surface area contributed by atoms with Crippen LogP contribution in [0.4, 0.5) is 5.69 Å². The summed E-state index contributed by atoms with van der Waals surface area (Å²) in [5.74, 6) is 0.0626. The van der Waals surface area contributed by atoms with Gasteiger partial charge in [0.05, 0.1) is 5.56 Å². The van der Waals surface area contributed by atoms with Gasteiger partial charge in [0.25, 0.3) is 5.91 Å². The number of hydrogen-bond donors (Lipinski definition) is 1. The van der Waals surface area contributed by atoms with Crippen LogP contribution in [0.2, 0.25) is 0 Å². The van der Waals surface area contributed by atoms with Crippen LogP contribution < -0.4 is 10.2 Å². The minimum Gasteiger partial charge on any atom is -0.369 e. The molecule has 1 aromatic heterocycles. The molecule has 1 aliphatic rings. The molecule has 1 fully saturated rings. The van der Waals surface area contributed by atoms with Gasteiger partial charge in [-0.3, -0.25) is 9.69 Å². The maximum Gasteiger partial charge on any atom is 0.253 e. The second-order valence-electron chi connectivity index (χ2n) is 10.6. The van der Waals surface area contributed by atoms with E-state index in [2.05, 4.69) is 92.4 Å². The Hall–Kier alpha value is -2.27. The SMILES string of the molecule is CCCn1c(C(C)(C)C)cc(C(=O)NCCCN2CCN(c3cccc(C)c3C)CC2)c1C. The van der Waals surface area contributed by atoms with Gasteiger partial charge in [-0.1, -0.05) is 39.8 Å². The van der Waals surface area contributed by atoms with Gasteiger partial charge in [0.1, 0.15) is 0 Å². The topological polar surface area (TPSA) is 40.5 Å². The summed E-state index contributed by atoms with van der Waals surface area (Å²) in [6, 6.07) is 8.70. The lowest BCUT2D eigenvalue weighted by Gasteiger charge is -2.37. The summed E-state index contributed by atoms with van der Waals surface area (Å²) >= 11 is 0. The van der Waals surface area contributed by atoms with Crippen LogP contribution >= 0.6 is 0 Å². The third-order valence-corrected chi connectivity index (χ3v) is 7.05. The number of anilines is 1. The van der Waals surface area contributed by atoms with Crippen LogP contribution in [0.25, 0.3) is 0 Å². The summed E-state index contributed by atoms with van der Waals surface area (Å²) in [5.41, 5.74) is 7.32. The Morgan fingerprint density at radius 2 is 1.73 bits per heavy atom. The number of nitrogens with zero attached hydrogens (tertiary/aromatic N) is 3. The van der Waals surface area contributed by atoms with E-state index < -0.39 is 0 Å². The number of aromatic nitrogens is 1. The Balaban J connectivity index is 1.47. The zero-order chi connectivity index (χ0) is 24.2. The van der Waals surface area contributed by atoms with Gasteiger partial charge >= 0.3 is 0 Å². The lowest BCUT2D eigenvalue weighted by molar-refractivity contribution is 0.0950. The van der Waals surface area contributed by atoms with E-state index in [1.165, 1.54) is 22.5 Å². The summed E-state index contributed by atoms with van der Waals surface area (Å²) < 4.78 is 2.32. The first-order valence-corrected chi connectivity index (χ1v) is 12.7. The fourth-order valence-electron chi connectivity index (χ4n) is 4.90. The Bertz CT molecular complexity index is 946. The number of aryl methyl sites for hydroxylation is 1. The predicted molar refractivity (Wildman–Crippen MR) is 140 cm³/mol. The molecule has 2 heterocycles. The van der Waals surface area contributed by atoms with Gasteiger partial charge in [-0.25, -0.2) is 0 Å². The largest absolute Gasteiger partial charge is 0.369 e. The molecular weight excluding hydrogens is 408 g/mol. The molecule has 0 unspecified atom stereocenters. The first-order valence-electron chi connectivity index (χ1n) is 12.7. The minimum absolute atomic E-state index is 0.0254. The monoisotopic (exact) mass is 452 g/mol. The highest BCUT2D eigenvalue weighted by molar-refractivity contribution is 5.95. The third-order valence-electron chi connectivity index (χ3n) is 7.05. The second-order valence-corrected chi connectivity index (χ2v) is 10.6. The molecule has 5 heteroatoms. The van der Waals surface area contributed by atoms with E-state index >= 15 is 0 Å². The van der Waals surface area contributed by atoms with Crippen LogP contribution in [0.3, 0.4) is 0 Å². The van der Waals surface area contributed by atoms with Gasteiger partial charge < -0.3 is 14.8 Å². The molecule has 1 aliphatic heterocycles. The third kappa shape index (κ3) is 6.00. The fraction of sp³-hybridized carbons (Fsp3) is 0.607. The molecule has 0 aliphatic carbocycles. The van der Waals surface area contributed by atoms with Gasteiger partial charge in [0.15, 0.2) is 0 Å². The van der Waals surface area contributed by atoms with Crippen molar-refractivity contribution in [1.82, 2.24) is 14.8 Å². The highest BCUT2D eigenvalue weighted by Gasteiger charge is 2.24. The molecule has 0 bridgehead atoms. The van der Waals surface area contributed by atoms with Gasteiger partial charge in [-0.15, -0.1) is 0 Å². The number of nitrogens with one attached hydrogen (secondary N) is 1. The second kappa shape index (κ2) is 10.8. The molecule has 1 amide bonds. The Kier molecular flexibility index (Phi) is 8.28. The Labute approximate surface area is 201 Å². The van der Waals surface area contributed by atoms with Crippen LogP contribution in [0, 0.1) is 20.8 Å². The quantitative estimate of drug-likeness (QED) is 0.569. The molecule has 3 rings (SSSR count). The average molecular weight is 453 g/mol. The maximum absolute atomic E-state index is 12.9. The number of hydrogen-bond acceptors (Lipinski definition) is 3. The number of rotatable bonds is 8. The standard InChI is InChI=1S/C28H44N4O/c1-8-14-32-23(4)24(20-26(32)28(5,6)7)27(33)29-13-10-15-30-16-18-31(19-17-30)25-12-9-11-21(2)22(25)3/h9,11-12,20H,8,10,13-19H2,1-7H3,(H,29,33). The number of amides is 1. The lowest BCUT2D eigenvalue weighted by atomic mass is 9.92. The van der Waals surface area contributed by atoms with Crippen LogP contribution in [-0.4, -0.2) is 54.6 Å². The van der Waals surface area contributed by atoms with Crippen LogP contribution in [0.15, 0.2) is 24.3 Å². The molecule has 5 nitrogen and oxygen atoms in total. The van der Waals surface area contributed by atoms with E-state index in [0.29, 0.717) is 0 Å². The van der Waals surface area contributed by atoms with Gasteiger partial charge in [0.2, 0.25) is 0 Å². The van der Waals surface area contributed by atoms with Crippen molar-refractivity contribution >= 4 is 11.6 Å². The number of carbonyl (C=O) groups excluding carboxylic acids is 1. The van der Waals surface area contributed by atoms with Gasteiger partial charge in [-0.05, 0) is 63.4 Å². The van der Waals surface area contributed by atoms with E-state index in [9.17, 15) is 4.79 Å². The highest BCUT2D eigenvalue weighted by Crippen LogP contribution is 2.28. The van der Waals surface area contributed by atoms with Crippen molar-refractivity contribution in [3.63, 3.8) is 0 Å². The van der Waals surface area contributed by atoms with Crippen molar-refractivity contribution in [2.45, 2.75) is 73.3 Å². The van der Waals surface area contributed by atoms with Crippen molar-refractivity contribution < 1.29 is 4.79 Å². The van der Waals surface area contributed by atoms with E-state index in [0.717, 1.165) is 69.9 Å². The van der Waals surface area contributed by atoms with E-state index in [1.807, 2.05) is 0 Å². The van der Waals surface area contributed by atoms with E-state index in [1.54, 1.807) is 0 Å². The molecule has 1 N–H and O–H groups in total. The van der Waals surface area contributed by atoms with Gasteiger partial charge in [-0.2, -0.15) is 0 Å². The highest BCUT2D eigenvalue weighted by atomic mass is 16.1. The van der Waals surface area contributed by atoms with E-state index in [4.69, 9.17) is 0 Å². The Morgan fingerprint density at radius 1 is 1.03 bits per heavy atom. The summed E-state index contributed by atoms with van der Waals surface area (Å²) in [6.07, 6.45) is 2.05. The molecular formula is C28H44N4O. The summed E-state index contributed by atoms with van der Waals surface area (Å²) in [7, 11) is 0. The molecule has 0 atom stereocenters. The number of carbonyl (C=O) groups is 1. The van der Waals surface area contributed by atoms with Crippen molar-refractivity contribution in [2.75, 3.05) is 44.2 Å². The molecule has 1 aromatic carbocycles. The molecule has 0 radical (unpaired) electrons. The first kappa shape index (κ1) is 25.4. The van der Waals surface area contributed by atoms with Crippen LogP contribution in [-0.2, 0) is 12.0 Å². The summed E-state index contributed by atoms with van der Waals surface area (Å²) in [5, 5.41) is 3.17. The maximum atomic E-state index is 12.9. The molecule has 0 spiro atoms. The Morgan fingerprint density at radius 3 is 2.36 bits per heavy atom. The molecule has 1 saturated heterocycles.